The van der Waals surface area contributed by atoms with Gasteiger partial charge in [-0.3, -0.25) is 0 Å². The molecule has 78 valence electrons. The molecule has 1 fully saturated rings. The van der Waals surface area contributed by atoms with Crippen LogP contribution in [0.1, 0.15) is 33.1 Å². The van der Waals surface area contributed by atoms with Crippen molar-refractivity contribution in [3.63, 3.8) is 0 Å². The highest BCUT2D eigenvalue weighted by Crippen LogP contribution is 2.19. The van der Waals surface area contributed by atoms with E-state index in [9.17, 15) is 0 Å². The van der Waals surface area contributed by atoms with Crippen molar-refractivity contribution >= 4 is 17.3 Å². The quantitative estimate of drug-likeness (QED) is 0.718. The van der Waals surface area contributed by atoms with Crippen LogP contribution < -0.4 is 5.32 Å². The zero-order valence-corrected chi connectivity index (χ0v) is 9.60. The molecular weight excluding hydrogens is 194 g/mol. The first kappa shape index (κ1) is 11.3. The predicted octanol–water partition coefficient (Wildman–Crippen LogP) is 1.65. The van der Waals surface area contributed by atoms with Gasteiger partial charge in [0.1, 0.15) is 0 Å². The average Bonchev–Trinajstić information content (AvgIpc) is 2.88. The highest BCUT2D eigenvalue weighted by Gasteiger charge is 2.24. The second kappa shape index (κ2) is 5.16. The third-order valence-electron chi connectivity index (χ3n) is 2.25. The molecule has 1 rings (SSSR count). The Hall–Kier alpha value is -0.820. The van der Waals surface area contributed by atoms with Gasteiger partial charge >= 0.3 is 0 Å². The van der Waals surface area contributed by atoms with Gasteiger partial charge in [-0.1, -0.05) is 0 Å². The Morgan fingerprint density at radius 3 is 2.71 bits per heavy atom. The van der Waals surface area contributed by atoms with Gasteiger partial charge in [0.25, 0.3) is 0 Å². The lowest BCUT2D eigenvalue weighted by Crippen LogP contribution is -2.44. The van der Waals surface area contributed by atoms with Crippen molar-refractivity contribution in [2.45, 2.75) is 45.2 Å². The van der Waals surface area contributed by atoms with Gasteiger partial charge < -0.3 is 10.2 Å². The second-order valence-electron chi connectivity index (χ2n) is 3.92. The zero-order valence-electron chi connectivity index (χ0n) is 8.79. The number of nitrogens with zero attached hydrogens (tertiary/aromatic N) is 2. The van der Waals surface area contributed by atoms with E-state index in [2.05, 4.69) is 30.1 Å². The first-order valence-corrected chi connectivity index (χ1v) is 5.50. The summed E-state index contributed by atoms with van der Waals surface area (Å²) in [4.78, 5) is 2.08. The summed E-state index contributed by atoms with van der Waals surface area (Å²) in [5, 5.41) is 12.6. The maximum absolute atomic E-state index is 8.53. The highest BCUT2D eigenvalue weighted by atomic mass is 32.1. The van der Waals surface area contributed by atoms with Crippen molar-refractivity contribution in [2.24, 2.45) is 0 Å². The van der Waals surface area contributed by atoms with E-state index in [1.807, 2.05) is 0 Å². The molecule has 3 nitrogen and oxygen atoms in total. The van der Waals surface area contributed by atoms with Crippen LogP contribution in [0.5, 0.6) is 0 Å². The van der Waals surface area contributed by atoms with E-state index in [-0.39, 0.29) is 0 Å². The molecule has 0 heterocycles. The normalized spacial score (nSPS) is 15.0. The molecule has 0 aromatic rings. The molecule has 0 aromatic heterocycles. The monoisotopic (exact) mass is 211 g/mol. The van der Waals surface area contributed by atoms with Crippen LogP contribution in [0.4, 0.5) is 0 Å². The third kappa shape index (κ3) is 3.51. The number of nitriles is 1. The smallest absolute Gasteiger partial charge is 0.169 e. The summed E-state index contributed by atoms with van der Waals surface area (Å²) in [6.07, 6.45) is 2.99. The second-order valence-corrected chi connectivity index (χ2v) is 4.31. The Morgan fingerprint density at radius 1 is 1.64 bits per heavy atom. The van der Waals surface area contributed by atoms with Gasteiger partial charge in [-0.05, 0) is 38.9 Å². The molecule has 1 N–H and O–H groups in total. The van der Waals surface area contributed by atoms with E-state index in [1.54, 1.807) is 0 Å². The van der Waals surface area contributed by atoms with Crippen molar-refractivity contribution < 1.29 is 0 Å². The Bertz CT molecular complexity index is 240. The molecule has 1 aliphatic carbocycles. The fourth-order valence-electron chi connectivity index (χ4n) is 1.25. The van der Waals surface area contributed by atoms with Crippen LogP contribution in [0.15, 0.2) is 0 Å². The van der Waals surface area contributed by atoms with E-state index in [4.69, 9.17) is 17.5 Å². The molecule has 0 spiro atoms. The average molecular weight is 211 g/mol. The van der Waals surface area contributed by atoms with Gasteiger partial charge in [-0.15, -0.1) is 0 Å². The van der Waals surface area contributed by atoms with Gasteiger partial charge in [-0.2, -0.15) is 5.26 Å². The molecule has 0 bridgehead atoms. The Labute approximate surface area is 91.1 Å². The van der Waals surface area contributed by atoms with Crippen LogP contribution in [-0.2, 0) is 0 Å². The molecule has 1 saturated carbocycles. The molecule has 0 radical (unpaired) electrons. The van der Waals surface area contributed by atoms with Crippen LogP contribution in [0.2, 0.25) is 0 Å². The van der Waals surface area contributed by atoms with Crippen molar-refractivity contribution in [1.82, 2.24) is 10.2 Å². The number of hydrogen-bond acceptors (Lipinski definition) is 2. The van der Waals surface area contributed by atoms with Gasteiger partial charge in [-0.25, -0.2) is 0 Å². The molecule has 1 aliphatic rings. The Kier molecular flexibility index (Phi) is 4.15. The van der Waals surface area contributed by atoms with Crippen LogP contribution in [0, 0.1) is 11.3 Å². The summed E-state index contributed by atoms with van der Waals surface area (Å²) >= 11 is 5.29. The van der Waals surface area contributed by atoms with Crippen molar-refractivity contribution in [3.05, 3.63) is 0 Å². The summed E-state index contributed by atoms with van der Waals surface area (Å²) in [5.74, 6) is 0. The molecule has 0 atom stereocenters. The summed E-state index contributed by atoms with van der Waals surface area (Å²) in [6.45, 7) is 4.92. The fourth-order valence-corrected chi connectivity index (χ4v) is 1.72. The number of rotatable bonds is 4. The van der Waals surface area contributed by atoms with Crippen LogP contribution in [0.25, 0.3) is 0 Å². The topological polar surface area (TPSA) is 39.1 Å². The van der Waals surface area contributed by atoms with E-state index in [0.29, 0.717) is 18.5 Å². The minimum Gasteiger partial charge on any atom is -0.360 e. The zero-order chi connectivity index (χ0) is 10.6. The fraction of sp³-hybridized carbons (Fsp3) is 0.800. The number of nitrogens with one attached hydrogen (secondary N) is 1. The van der Waals surface area contributed by atoms with E-state index >= 15 is 0 Å². The molecule has 4 heteroatoms. The Balaban J connectivity index is 2.39. The Morgan fingerprint density at radius 2 is 2.29 bits per heavy atom. The first-order valence-electron chi connectivity index (χ1n) is 5.09. The largest absolute Gasteiger partial charge is 0.360 e. The SMILES string of the molecule is CC(C)N(CCC#N)C(=S)NC1CC1. The van der Waals surface area contributed by atoms with Crippen molar-refractivity contribution in [1.29, 1.82) is 5.26 Å². The maximum atomic E-state index is 8.53. The molecule has 14 heavy (non-hydrogen) atoms. The predicted molar refractivity (Wildman–Crippen MR) is 60.8 cm³/mol. The van der Waals surface area contributed by atoms with E-state index in [0.717, 1.165) is 11.7 Å². The first-order chi connectivity index (χ1) is 6.65. The molecule has 0 unspecified atom stereocenters. The van der Waals surface area contributed by atoms with Gasteiger partial charge in [0.15, 0.2) is 5.11 Å². The lowest BCUT2D eigenvalue weighted by Gasteiger charge is -2.28. The number of thiocarbonyl (C=S) groups is 1. The van der Waals surface area contributed by atoms with Crippen molar-refractivity contribution in [2.75, 3.05) is 6.54 Å². The lowest BCUT2D eigenvalue weighted by molar-refractivity contribution is 0.351. The van der Waals surface area contributed by atoms with Gasteiger partial charge in [0, 0.05) is 18.6 Å². The van der Waals surface area contributed by atoms with Crippen LogP contribution in [0.3, 0.4) is 0 Å². The van der Waals surface area contributed by atoms with Gasteiger partial charge in [0.2, 0.25) is 0 Å². The minimum absolute atomic E-state index is 0.363. The summed E-state index contributed by atoms with van der Waals surface area (Å²) in [5.41, 5.74) is 0. The molecule has 0 amide bonds. The van der Waals surface area contributed by atoms with E-state index in [1.165, 1.54) is 12.8 Å². The lowest BCUT2D eigenvalue weighted by atomic mass is 10.3. The van der Waals surface area contributed by atoms with Crippen LogP contribution in [-0.4, -0.2) is 28.6 Å². The third-order valence-corrected chi connectivity index (χ3v) is 2.61. The summed E-state index contributed by atoms with van der Waals surface area (Å²) < 4.78 is 0. The van der Waals surface area contributed by atoms with Crippen molar-refractivity contribution in [3.8, 4) is 6.07 Å². The number of hydrogen-bond donors (Lipinski definition) is 1. The van der Waals surface area contributed by atoms with E-state index < -0.39 is 0 Å². The maximum Gasteiger partial charge on any atom is 0.169 e. The summed E-state index contributed by atoms with van der Waals surface area (Å²) in [6, 6.07) is 3.10. The highest BCUT2D eigenvalue weighted by molar-refractivity contribution is 7.80. The van der Waals surface area contributed by atoms with Gasteiger partial charge in [0.05, 0.1) is 12.5 Å². The minimum atomic E-state index is 0.363. The molecule has 0 aliphatic heterocycles. The summed E-state index contributed by atoms with van der Waals surface area (Å²) in [7, 11) is 0. The molecule has 0 saturated heterocycles. The standard InChI is InChI=1S/C10H17N3S/c1-8(2)13(7-3-6-11)10(14)12-9-4-5-9/h8-9H,3-5,7H2,1-2H3,(H,12,14). The van der Waals surface area contributed by atoms with Crippen LogP contribution >= 0.6 is 12.2 Å². The molecular formula is C10H17N3S. The molecule has 0 aromatic carbocycles.